The average Bonchev–Trinajstić information content (AvgIpc) is 3.76. The molecular formula is C43H30N2S. The van der Waals surface area contributed by atoms with Crippen molar-refractivity contribution in [2.75, 3.05) is 0 Å². The molecule has 0 radical (unpaired) electrons. The monoisotopic (exact) mass is 606 g/mol. The number of benzene rings is 6. The highest BCUT2D eigenvalue weighted by Gasteiger charge is 2.23. The van der Waals surface area contributed by atoms with E-state index < -0.39 is 0 Å². The van der Waals surface area contributed by atoms with Crippen LogP contribution in [0.1, 0.15) is 18.2 Å². The Morgan fingerprint density at radius 3 is 2.09 bits per heavy atom. The van der Waals surface area contributed by atoms with Gasteiger partial charge in [0, 0.05) is 43.0 Å². The zero-order valence-electron chi connectivity index (χ0n) is 25.4. The molecule has 0 saturated carbocycles. The van der Waals surface area contributed by atoms with Crippen molar-refractivity contribution in [3.63, 3.8) is 0 Å². The fraction of sp³-hybridized carbons (Fsp3) is 0.0698. The minimum Gasteiger partial charge on any atom is -0.309 e. The summed E-state index contributed by atoms with van der Waals surface area (Å²) in [6.45, 7) is 2.33. The second-order valence-corrected chi connectivity index (χ2v) is 13.7. The Kier molecular flexibility index (Phi) is 5.52. The molecule has 1 aliphatic carbocycles. The first-order valence-corrected chi connectivity index (χ1v) is 16.9. The van der Waals surface area contributed by atoms with Gasteiger partial charge in [-0.25, -0.2) is 0 Å². The first-order chi connectivity index (χ1) is 22.7. The Bertz CT molecular complexity index is 2680. The van der Waals surface area contributed by atoms with E-state index in [9.17, 15) is 0 Å². The summed E-state index contributed by atoms with van der Waals surface area (Å²) in [5.41, 5.74) is 11.5. The predicted octanol–water partition coefficient (Wildman–Crippen LogP) is 12.0. The van der Waals surface area contributed by atoms with Crippen molar-refractivity contribution in [3.05, 3.63) is 151 Å². The lowest BCUT2D eigenvalue weighted by molar-refractivity contribution is 0.718. The summed E-state index contributed by atoms with van der Waals surface area (Å²) in [6.07, 6.45) is 5.78. The lowest BCUT2D eigenvalue weighted by atomic mass is 9.92. The zero-order chi connectivity index (χ0) is 30.4. The maximum absolute atomic E-state index is 2.52. The number of hydrogen-bond donors (Lipinski definition) is 0. The van der Waals surface area contributed by atoms with Crippen LogP contribution in [-0.2, 0) is 6.42 Å². The highest BCUT2D eigenvalue weighted by Crippen LogP contribution is 2.43. The fourth-order valence-corrected chi connectivity index (χ4v) is 8.97. The average molecular weight is 607 g/mol. The summed E-state index contributed by atoms with van der Waals surface area (Å²) in [6, 6.07) is 49.2. The maximum Gasteiger partial charge on any atom is 0.0640 e. The van der Waals surface area contributed by atoms with Crippen LogP contribution in [0.25, 0.3) is 81.5 Å². The molecule has 1 aliphatic rings. The third-order valence-electron chi connectivity index (χ3n) is 9.87. The molecular weight excluding hydrogens is 577 g/mol. The number of thiophene rings is 1. The molecule has 3 aromatic heterocycles. The molecule has 0 bridgehead atoms. The quantitative estimate of drug-likeness (QED) is 0.189. The van der Waals surface area contributed by atoms with Gasteiger partial charge in [-0.05, 0) is 89.7 Å². The smallest absolute Gasteiger partial charge is 0.0640 e. The first kappa shape index (κ1) is 25.9. The SMILES string of the molecule is CC1C=Cc2c(c3cc(-c4ccc5c(c4)c4ccccc4n5-c4ccccc4)ccc3n2-c2cccc3c2sc2ccccc23)C1. The van der Waals surface area contributed by atoms with E-state index in [4.69, 9.17) is 0 Å². The minimum atomic E-state index is 0.510. The standard InChI is InChI=1S/C43H30N2S/c1-27-18-21-39-34(24-27)36-26-29(20-23-40(36)45(39)41-16-9-14-33-32-13-6-8-17-42(32)46-43(33)41)28-19-22-38-35(25-28)31-12-5-7-15-37(31)44(38)30-10-3-2-4-11-30/h2-23,25-27H,24H2,1H3. The van der Waals surface area contributed by atoms with E-state index in [1.807, 2.05) is 11.3 Å². The van der Waals surface area contributed by atoms with Crippen molar-refractivity contribution in [3.8, 4) is 22.5 Å². The summed E-state index contributed by atoms with van der Waals surface area (Å²) < 4.78 is 7.59. The minimum absolute atomic E-state index is 0.510. The molecule has 218 valence electrons. The molecule has 1 atom stereocenters. The molecule has 1 unspecified atom stereocenters. The van der Waals surface area contributed by atoms with Crippen LogP contribution in [0.4, 0.5) is 0 Å². The Morgan fingerprint density at radius 1 is 0.565 bits per heavy atom. The Labute approximate surface area is 271 Å². The number of nitrogens with zero attached hydrogens (tertiary/aromatic N) is 2. The zero-order valence-corrected chi connectivity index (χ0v) is 26.3. The second-order valence-electron chi connectivity index (χ2n) is 12.6. The molecule has 3 heterocycles. The third kappa shape index (κ3) is 3.70. The van der Waals surface area contributed by atoms with Crippen LogP contribution in [0, 0.1) is 5.92 Å². The van der Waals surface area contributed by atoms with Gasteiger partial charge in [0.2, 0.25) is 0 Å². The van der Waals surface area contributed by atoms with E-state index in [1.165, 1.54) is 86.6 Å². The molecule has 3 heteroatoms. The van der Waals surface area contributed by atoms with Crippen LogP contribution < -0.4 is 0 Å². The van der Waals surface area contributed by atoms with Crippen molar-refractivity contribution < 1.29 is 0 Å². The Balaban J connectivity index is 1.19. The van der Waals surface area contributed by atoms with Crippen molar-refractivity contribution in [1.29, 1.82) is 0 Å². The molecule has 0 saturated heterocycles. The van der Waals surface area contributed by atoms with Gasteiger partial charge in [-0.15, -0.1) is 11.3 Å². The van der Waals surface area contributed by atoms with Gasteiger partial charge in [-0.2, -0.15) is 0 Å². The highest BCUT2D eigenvalue weighted by molar-refractivity contribution is 7.26. The van der Waals surface area contributed by atoms with Gasteiger partial charge in [0.05, 0.1) is 26.9 Å². The van der Waals surface area contributed by atoms with Crippen molar-refractivity contribution in [1.82, 2.24) is 9.13 Å². The number of hydrogen-bond acceptors (Lipinski definition) is 1. The van der Waals surface area contributed by atoms with Gasteiger partial charge < -0.3 is 9.13 Å². The molecule has 6 aromatic carbocycles. The van der Waals surface area contributed by atoms with Gasteiger partial charge in [-0.3, -0.25) is 0 Å². The van der Waals surface area contributed by atoms with E-state index in [1.54, 1.807) is 0 Å². The lowest BCUT2D eigenvalue weighted by Gasteiger charge is -2.16. The van der Waals surface area contributed by atoms with E-state index in [-0.39, 0.29) is 0 Å². The number of allylic oxidation sites excluding steroid dienone is 1. The Hall–Kier alpha value is -5.38. The molecule has 0 N–H and O–H groups in total. The van der Waals surface area contributed by atoms with E-state index >= 15 is 0 Å². The fourth-order valence-electron chi connectivity index (χ4n) is 7.77. The van der Waals surface area contributed by atoms with E-state index in [0.29, 0.717) is 5.92 Å². The summed E-state index contributed by atoms with van der Waals surface area (Å²) in [5, 5.41) is 6.59. The molecule has 46 heavy (non-hydrogen) atoms. The molecule has 9 aromatic rings. The predicted molar refractivity (Wildman–Crippen MR) is 198 cm³/mol. The summed E-state index contributed by atoms with van der Waals surface area (Å²) in [7, 11) is 0. The van der Waals surface area contributed by atoms with Crippen LogP contribution in [-0.4, -0.2) is 9.13 Å². The third-order valence-corrected chi connectivity index (χ3v) is 11.1. The summed E-state index contributed by atoms with van der Waals surface area (Å²) in [5.74, 6) is 0.510. The van der Waals surface area contributed by atoms with Crippen LogP contribution in [0.3, 0.4) is 0 Å². The normalized spacial score (nSPS) is 14.7. The number of aromatic nitrogens is 2. The number of rotatable bonds is 3. The van der Waals surface area contributed by atoms with Gasteiger partial charge in [0.1, 0.15) is 0 Å². The topological polar surface area (TPSA) is 9.86 Å². The van der Waals surface area contributed by atoms with Crippen molar-refractivity contribution in [2.45, 2.75) is 13.3 Å². The first-order valence-electron chi connectivity index (χ1n) is 16.1. The lowest BCUT2D eigenvalue weighted by Crippen LogP contribution is -2.05. The molecule has 0 fully saturated rings. The van der Waals surface area contributed by atoms with Crippen molar-refractivity contribution >= 4 is 70.3 Å². The van der Waals surface area contributed by atoms with Crippen molar-refractivity contribution in [2.24, 2.45) is 5.92 Å². The molecule has 0 amide bonds. The molecule has 0 aliphatic heterocycles. The number of para-hydroxylation sites is 2. The highest BCUT2D eigenvalue weighted by atomic mass is 32.1. The van der Waals surface area contributed by atoms with Crippen LogP contribution in [0.15, 0.2) is 140 Å². The summed E-state index contributed by atoms with van der Waals surface area (Å²) >= 11 is 1.90. The molecule has 10 rings (SSSR count). The second kappa shape index (κ2) is 9.81. The van der Waals surface area contributed by atoms with Crippen LogP contribution >= 0.6 is 11.3 Å². The summed E-state index contributed by atoms with van der Waals surface area (Å²) in [4.78, 5) is 0. The van der Waals surface area contributed by atoms with E-state index in [0.717, 1.165) is 6.42 Å². The molecule has 0 spiro atoms. The van der Waals surface area contributed by atoms with Gasteiger partial charge in [-0.1, -0.05) is 91.9 Å². The Morgan fingerprint density at radius 2 is 1.24 bits per heavy atom. The number of fused-ring (bicyclic) bond motifs is 9. The maximum atomic E-state index is 2.52. The van der Waals surface area contributed by atoms with Gasteiger partial charge >= 0.3 is 0 Å². The van der Waals surface area contributed by atoms with Crippen LogP contribution in [0.5, 0.6) is 0 Å². The largest absolute Gasteiger partial charge is 0.309 e. The van der Waals surface area contributed by atoms with Crippen LogP contribution in [0.2, 0.25) is 0 Å². The van der Waals surface area contributed by atoms with E-state index in [2.05, 4.69) is 162 Å². The van der Waals surface area contributed by atoms with Gasteiger partial charge in [0.25, 0.3) is 0 Å². The van der Waals surface area contributed by atoms with Gasteiger partial charge in [0.15, 0.2) is 0 Å². The molecule has 2 nitrogen and oxygen atoms in total.